The van der Waals surface area contributed by atoms with E-state index in [1.165, 1.54) is 10.8 Å². The molecule has 2 heterocycles. The number of carbonyl (C=O) groups is 1. The Balaban J connectivity index is 1.86. The van der Waals surface area contributed by atoms with Gasteiger partial charge in [-0.3, -0.25) is 4.79 Å². The second-order valence-electron chi connectivity index (χ2n) is 4.33. The lowest BCUT2D eigenvalue weighted by Gasteiger charge is -2.03. The fourth-order valence-electron chi connectivity index (χ4n) is 1.86. The Hall–Kier alpha value is -2.80. The van der Waals surface area contributed by atoms with E-state index in [4.69, 9.17) is 4.74 Å². The predicted octanol–water partition coefficient (Wildman–Crippen LogP) is 2.63. The molecule has 0 aliphatic rings. The van der Waals surface area contributed by atoms with Crippen LogP contribution in [-0.2, 0) is 0 Å². The van der Waals surface area contributed by atoms with Gasteiger partial charge in [0, 0.05) is 4.88 Å². The van der Waals surface area contributed by atoms with E-state index in [-0.39, 0.29) is 11.6 Å². The molecule has 0 saturated heterocycles. The number of hydrogen-bond donors (Lipinski definition) is 0. The predicted molar refractivity (Wildman–Crippen MR) is 83.4 cm³/mol. The first-order valence-electron chi connectivity index (χ1n) is 6.46. The fourth-order valence-corrected chi connectivity index (χ4v) is 2.47. The Bertz CT molecular complexity index is 791. The number of benzene rings is 1. The average molecular weight is 312 g/mol. The molecule has 22 heavy (non-hydrogen) atoms. The molecule has 3 rings (SSSR count). The summed E-state index contributed by atoms with van der Waals surface area (Å²) in [5, 5.41) is 13.2. The first kappa shape index (κ1) is 14.2. The highest BCUT2D eigenvalue weighted by molar-refractivity contribution is 7.10. The number of carbonyl (C=O) groups excluding carboxylic acids is 1. The summed E-state index contributed by atoms with van der Waals surface area (Å²) in [5.41, 5.74) is 0.693. The Kier molecular flexibility index (Phi) is 4.06. The fraction of sp³-hybridized carbons (Fsp3) is 0.0667. The van der Waals surface area contributed by atoms with Crippen LogP contribution in [0.2, 0.25) is 0 Å². The summed E-state index contributed by atoms with van der Waals surface area (Å²) < 4.78 is 6.51. The van der Waals surface area contributed by atoms with Crippen molar-refractivity contribution in [3.63, 3.8) is 0 Å². The number of methoxy groups -OCH3 is 1. The number of tetrazole rings is 1. The molecule has 0 radical (unpaired) electrons. The van der Waals surface area contributed by atoms with Crippen LogP contribution in [-0.4, -0.2) is 33.1 Å². The first-order valence-corrected chi connectivity index (χ1v) is 7.34. The summed E-state index contributed by atoms with van der Waals surface area (Å²) in [7, 11) is 1.59. The molecule has 0 aliphatic carbocycles. The summed E-state index contributed by atoms with van der Waals surface area (Å²) in [6.45, 7) is 0. The van der Waals surface area contributed by atoms with Gasteiger partial charge in [0.05, 0.1) is 12.8 Å². The number of thiophene rings is 1. The van der Waals surface area contributed by atoms with E-state index in [2.05, 4.69) is 15.5 Å². The van der Waals surface area contributed by atoms with Crippen molar-refractivity contribution in [3.05, 3.63) is 58.6 Å². The number of hydrogen-bond acceptors (Lipinski definition) is 6. The van der Waals surface area contributed by atoms with E-state index in [1.807, 2.05) is 17.5 Å². The van der Waals surface area contributed by atoms with Crippen LogP contribution in [0.5, 0.6) is 5.75 Å². The molecule has 1 aromatic carbocycles. The van der Waals surface area contributed by atoms with Gasteiger partial charge < -0.3 is 4.74 Å². The van der Waals surface area contributed by atoms with Crippen molar-refractivity contribution in [2.24, 2.45) is 0 Å². The molecule has 0 saturated carbocycles. The van der Waals surface area contributed by atoms with Crippen LogP contribution in [0.4, 0.5) is 0 Å². The topological polar surface area (TPSA) is 69.9 Å². The van der Waals surface area contributed by atoms with Gasteiger partial charge in [0.1, 0.15) is 5.75 Å². The quantitative estimate of drug-likeness (QED) is 0.535. The maximum atomic E-state index is 12.2. The summed E-state index contributed by atoms with van der Waals surface area (Å²) in [6.07, 6.45) is 3.22. The average Bonchev–Trinajstić information content (AvgIpc) is 3.24. The molecule has 110 valence electrons. The zero-order valence-corrected chi connectivity index (χ0v) is 12.5. The van der Waals surface area contributed by atoms with Crippen LogP contribution in [0.3, 0.4) is 0 Å². The number of nitrogens with zero attached hydrogens (tertiary/aromatic N) is 4. The number of aromatic nitrogens is 4. The van der Waals surface area contributed by atoms with E-state index < -0.39 is 0 Å². The standard InChI is InChI=1S/C15H12N4O2S/c1-21-12-6-4-11(5-7-12)19-15(16-17-18-19)14(20)9-8-13-3-2-10-22-13/h2-10H,1H3. The van der Waals surface area contributed by atoms with Crippen molar-refractivity contribution < 1.29 is 9.53 Å². The number of rotatable bonds is 5. The third-order valence-corrected chi connectivity index (χ3v) is 3.79. The van der Waals surface area contributed by atoms with Crippen molar-refractivity contribution in [1.82, 2.24) is 20.2 Å². The van der Waals surface area contributed by atoms with Crippen molar-refractivity contribution >= 4 is 23.2 Å². The van der Waals surface area contributed by atoms with Crippen LogP contribution in [0.1, 0.15) is 15.5 Å². The molecular weight excluding hydrogens is 300 g/mol. The Morgan fingerprint density at radius 1 is 1.27 bits per heavy atom. The third kappa shape index (κ3) is 2.94. The molecule has 0 N–H and O–H groups in total. The number of ether oxygens (including phenoxy) is 1. The van der Waals surface area contributed by atoms with Gasteiger partial charge in [-0.05, 0) is 58.3 Å². The molecule has 2 aromatic heterocycles. The van der Waals surface area contributed by atoms with E-state index in [0.29, 0.717) is 5.69 Å². The van der Waals surface area contributed by atoms with Crippen LogP contribution in [0, 0.1) is 0 Å². The molecule has 0 amide bonds. The summed E-state index contributed by atoms with van der Waals surface area (Å²) >= 11 is 1.56. The van der Waals surface area contributed by atoms with Gasteiger partial charge in [0.15, 0.2) is 0 Å². The van der Waals surface area contributed by atoms with Crippen molar-refractivity contribution in [3.8, 4) is 11.4 Å². The van der Waals surface area contributed by atoms with E-state index in [9.17, 15) is 4.79 Å². The lowest BCUT2D eigenvalue weighted by Crippen LogP contribution is -2.08. The lowest BCUT2D eigenvalue weighted by atomic mass is 10.2. The van der Waals surface area contributed by atoms with E-state index in [1.54, 1.807) is 48.8 Å². The van der Waals surface area contributed by atoms with Gasteiger partial charge in [-0.1, -0.05) is 6.07 Å². The van der Waals surface area contributed by atoms with Crippen molar-refractivity contribution in [2.45, 2.75) is 0 Å². The second kappa shape index (κ2) is 6.31. The zero-order valence-electron chi connectivity index (χ0n) is 11.7. The molecule has 0 aliphatic heterocycles. The normalized spacial score (nSPS) is 11.0. The number of allylic oxidation sites excluding steroid dienone is 1. The summed E-state index contributed by atoms with van der Waals surface area (Å²) in [6, 6.07) is 11.0. The molecule has 0 fully saturated rings. The van der Waals surface area contributed by atoms with Gasteiger partial charge in [-0.2, -0.15) is 4.68 Å². The van der Waals surface area contributed by atoms with E-state index >= 15 is 0 Å². The minimum absolute atomic E-state index is 0.165. The molecule has 0 unspecified atom stereocenters. The van der Waals surface area contributed by atoms with Crippen molar-refractivity contribution in [1.29, 1.82) is 0 Å². The van der Waals surface area contributed by atoms with Crippen LogP contribution in [0.15, 0.2) is 47.9 Å². The molecule has 6 nitrogen and oxygen atoms in total. The SMILES string of the molecule is COc1ccc(-n2nnnc2C(=O)C=Cc2cccs2)cc1. The third-order valence-electron chi connectivity index (χ3n) is 2.95. The maximum Gasteiger partial charge on any atom is 0.227 e. The molecule has 0 bridgehead atoms. The summed E-state index contributed by atoms with van der Waals surface area (Å²) in [4.78, 5) is 13.2. The molecular formula is C15H12N4O2S. The van der Waals surface area contributed by atoms with Crippen LogP contribution in [0.25, 0.3) is 11.8 Å². The minimum Gasteiger partial charge on any atom is -0.497 e. The molecule has 0 atom stereocenters. The van der Waals surface area contributed by atoms with Crippen LogP contribution < -0.4 is 4.74 Å². The monoisotopic (exact) mass is 312 g/mol. The van der Waals surface area contributed by atoms with Crippen LogP contribution >= 0.6 is 11.3 Å². The Morgan fingerprint density at radius 3 is 2.77 bits per heavy atom. The minimum atomic E-state index is -0.255. The zero-order chi connectivity index (χ0) is 15.4. The maximum absolute atomic E-state index is 12.2. The second-order valence-corrected chi connectivity index (χ2v) is 5.30. The molecule has 3 aromatic rings. The molecule has 7 heteroatoms. The Labute approximate surface area is 130 Å². The van der Waals surface area contributed by atoms with E-state index in [0.717, 1.165) is 10.6 Å². The Morgan fingerprint density at radius 2 is 2.09 bits per heavy atom. The van der Waals surface area contributed by atoms with Gasteiger partial charge >= 0.3 is 0 Å². The molecule has 0 spiro atoms. The highest BCUT2D eigenvalue weighted by Crippen LogP contribution is 2.16. The summed E-state index contributed by atoms with van der Waals surface area (Å²) in [5.74, 6) is 0.634. The van der Waals surface area contributed by atoms with Crippen molar-refractivity contribution in [2.75, 3.05) is 7.11 Å². The first-order chi connectivity index (χ1) is 10.8. The van der Waals surface area contributed by atoms with Gasteiger partial charge in [0.2, 0.25) is 11.6 Å². The lowest BCUT2D eigenvalue weighted by molar-refractivity contribution is 0.103. The smallest absolute Gasteiger partial charge is 0.227 e. The highest BCUT2D eigenvalue weighted by Gasteiger charge is 2.14. The van der Waals surface area contributed by atoms with Gasteiger partial charge in [-0.25, -0.2) is 0 Å². The highest BCUT2D eigenvalue weighted by atomic mass is 32.1. The van der Waals surface area contributed by atoms with Gasteiger partial charge in [-0.15, -0.1) is 16.4 Å². The van der Waals surface area contributed by atoms with Gasteiger partial charge in [0.25, 0.3) is 0 Å². The largest absolute Gasteiger partial charge is 0.497 e. The number of ketones is 1.